The van der Waals surface area contributed by atoms with Gasteiger partial charge < -0.3 is 14.6 Å². The van der Waals surface area contributed by atoms with Crippen molar-refractivity contribution in [3.05, 3.63) is 63.9 Å². The van der Waals surface area contributed by atoms with E-state index >= 15 is 4.39 Å². The molecule has 1 aromatic heterocycles. The van der Waals surface area contributed by atoms with Gasteiger partial charge in [0.2, 0.25) is 15.5 Å². The Kier molecular flexibility index (Phi) is 5.85. The number of halogens is 2. The number of benzene rings is 2. The van der Waals surface area contributed by atoms with E-state index in [0.717, 1.165) is 18.2 Å². The van der Waals surface area contributed by atoms with Crippen LogP contribution >= 0.6 is 11.8 Å². The topological polar surface area (TPSA) is 99.9 Å². The second kappa shape index (κ2) is 8.61. The van der Waals surface area contributed by atoms with Gasteiger partial charge in [-0.2, -0.15) is 4.31 Å². The van der Waals surface area contributed by atoms with E-state index in [0.29, 0.717) is 17.0 Å². The lowest BCUT2D eigenvalue weighted by atomic mass is 10.1. The van der Waals surface area contributed by atoms with Gasteiger partial charge in [-0.1, -0.05) is 6.92 Å². The number of nitrogens with zero attached hydrogens (tertiary/aromatic N) is 3. The van der Waals surface area contributed by atoms with Crippen LogP contribution in [0.25, 0.3) is 10.9 Å². The normalized spacial score (nSPS) is 18.7. The number of carboxylic acids is 1. The van der Waals surface area contributed by atoms with Crippen molar-refractivity contribution in [3.63, 3.8) is 0 Å². The van der Waals surface area contributed by atoms with Crippen LogP contribution in [0, 0.1) is 11.6 Å². The van der Waals surface area contributed by atoms with Gasteiger partial charge >= 0.3 is 5.97 Å². The Morgan fingerprint density at radius 2 is 1.77 bits per heavy atom. The average molecular weight is 522 g/mol. The molecule has 0 spiro atoms. The van der Waals surface area contributed by atoms with Crippen molar-refractivity contribution in [2.75, 3.05) is 31.1 Å². The summed E-state index contributed by atoms with van der Waals surface area (Å²) in [5, 5.41) is 9.43. The van der Waals surface area contributed by atoms with Crippen LogP contribution in [0.4, 0.5) is 14.5 Å². The summed E-state index contributed by atoms with van der Waals surface area (Å²) in [5.41, 5.74) is -0.375. The number of hydrogen-bond acceptors (Lipinski definition) is 6. The summed E-state index contributed by atoms with van der Waals surface area (Å²) < 4.78 is 57.6. The third kappa shape index (κ3) is 3.99. The zero-order valence-electron chi connectivity index (χ0n) is 18.6. The predicted octanol–water partition coefficient (Wildman–Crippen LogP) is 2.98. The second-order valence-electron chi connectivity index (χ2n) is 8.54. The molecule has 0 radical (unpaired) electrons. The minimum atomic E-state index is -3.83. The van der Waals surface area contributed by atoms with Crippen LogP contribution in [0.1, 0.15) is 17.3 Å². The Hall–Kier alpha value is -2.96. The van der Waals surface area contributed by atoms with Crippen LogP contribution in [0.3, 0.4) is 0 Å². The quantitative estimate of drug-likeness (QED) is 0.564. The fraction of sp³-hybridized carbons (Fsp3) is 0.304. The van der Waals surface area contributed by atoms with Gasteiger partial charge in [0.25, 0.3) is 0 Å². The molecule has 2 aliphatic rings. The second-order valence-corrected chi connectivity index (χ2v) is 11.9. The minimum Gasteiger partial charge on any atom is -0.477 e. The zero-order valence-corrected chi connectivity index (χ0v) is 20.2. The van der Waals surface area contributed by atoms with Crippen LogP contribution in [0.15, 0.2) is 51.1 Å². The van der Waals surface area contributed by atoms with E-state index < -0.39 is 38.6 Å². The first-order valence-electron chi connectivity index (χ1n) is 10.9. The highest BCUT2D eigenvalue weighted by Crippen LogP contribution is 2.44. The fourth-order valence-corrected chi connectivity index (χ4v) is 7.35. The van der Waals surface area contributed by atoms with E-state index in [9.17, 15) is 27.5 Å². The Bertz CT molecular complexity index is 1520. The highest BCUT2D eigenvalue weighted by atomic mass is 32.2. The molecule has 12 heteroatoms. The number of carboxylic acid groups (broad SMARTS) is 1. The van der Waals surface area contributed by atoms with Crippen molar-refractivity contribution >= 4 is 44.3 Å². The SMILES string of the molecule is CC1Cn2cc(C(=O)O)c(=O)c3cc(F)c(N4CCN(S(=O)(=O)c5ccc(F)cc5)CC4)c(c32)S1. The van der Waals surface area contributed by atoms with E-state index in [2.05, 4.69) is 0 Å². The molecule has 184 valence electrons. The van der Waals surface area contributed by atoms with Gasteiger partial charge in [0, 0.05) is 44.2 Å². The maximum atomic E-state index is 15.5. The van der Waals surface area contributed by atoms with Crippen molar-refractivity contribution < 1.29 is 27.1 Å². The standard InChI is InChI=1S/C23H21F2N3O5S2/c1-13-11-27-12-17(23(30)31)21(29)16-10-18(25)20(22(34-13)19(16)27)26-6-8-28(9-7-26)35(32,33)15-4-2-14(24)3-5-15/h2-5,10,12-13H,6-9,11H2,1H3,(H,30,31). The molecule has 3 heterocycles. The van der Waals surface area contributed by atoms with Crippen molar-refractivity contribution in [3.8, 4) is 0 Å². The molecule has 1 saturated heterocycles. The Labute approximate surface area is 203 Å². The molecule has 3 aromatic rings. The zero-order chi connectivity index (χ0) is 25.1. The summed E-state index contributed by atoms with van der Waals surface area (Å²) >= 11 is 1.41. The molecule has 0 aliphatic carbocycles. The molecule has 2 aromatic carbocycles. The molecule has 5 rings (SSSR count). The summed E-state index contributed by atoms with van der Waals surface area (Å²) in [6, 6.07) is 5.69. The van der Waals surface area contributed by atoms with Gasteiger partial charge in [0.05, 0.1) is 26.4 Å². The summed E-state index contributed by atoms with van der Waals surface area (Å²) in [6.07, 6.45) is 1.31. The number of piperazine rings is 1. The fourth-order valence-electron chi connectivity index (χ4n) is 4.61. The first kappa shape index (κ1) is 23.8. The Morgan fingerprint density at radius 1 is 1.11 bits per heavy atom. The lowest BCUT2D eigenvalue weighted by molar-refractivity contribution is 0.0694. The summed E-state index contributed by atoms with van der Waals surface area (Å²) in [7, 11) is -3.83. The predicted molar refractivity (Wildman–Crippen MR) is 128 cm³/mol. The van der Waals surface area contributed by atoms with Gasteiger partial charge in [0.15, 0.2) is 0 Å². The van der Waals surface area contributed by atoms with Gasteiger partial charge in [-0.3, -0.25) is 4.79 Å². The number of aromatic carboxylic acids is 1. The summed E-state index contributed by atoms with van der Waals surface area (Å²) in [6.45, 7) is 3.01. The third-order valence-corrected chi connectivity index (χ3v) is 9.34. The number of pyridine rings is 1. The molecule has 1 unspecified atom stereocenters. The van der Waals surface area contributed by atoms with Gasteiger partial charge in [0.1, 0.15) is 17.2 Å². The highest BCUT2D eigenvalue weighted by Gasteiger charge is 2.33. The highest BCUT2D eigenvalue weighted by molar-refractivity contribution is 8.00. The van der Waals surface area contributed by atoms with E-state index in [1.165, 1.54) is 34.4 Å². The van der Waals surface area contributed by atoms with Crippen molar-refractivity contribution in [1.29, 1.82) is 0 Å². The lowest BCUT2D eigenvalue weighted by Gasteiger charge is -2.37. The first-order valence-corrected chi connectivity index (χ1v) is 13.2. The van der Waals surface area contributed by atoms with E-state index in [4.69, 9.17) is 0 Å². The average Bonchev–Trinajstić information content (AvgIpc) is 2.81. The monoisotopic (exact) mass is 521 g/mol. The molecule has 8 nitrogen and oxygen atoms in total. The van der Waals surface area contributed by atoms with Gasteiger partial charge in [-0.05, 0) is 30.3 Å². The van der Waals surface area contributed by atoms with Crippen molar-refractivity contribution in [2.24, 2.45) is 0 Å². The Balaban J connectivity index is 1.52. The molecule has 1 atom stereocenters. The number of hydrogen-bond donors (Lipinski definition) is 1. The molecule has 0 saturated carbocycles. The number of sulfonamides is 1. The van der Waals surface area contributed by atoms with Crippen LogP contribution in [0.5, 0.6) is 0 Å². The van der Waals surface area contributed by atoms with Crippen molar-refractivity contribution in [2.45, 2.75) is 28.5 Å². The molecular weight excluding hydrogens is 500 g/mol. The number of rotatable bonds is 4. The number of anilines is 1. The first-order chi connectivity index (χ1) is 16.6. The molecule has 35 heavy (non-hydrogen) atoms. The van der Waals surface area contributed by atoms with Gasteiger partial charge in [-0.15, -0.1) is 11.8 Å². The summed E-state index contributed by atoms with van der Waals surface area (Å²) in [5.74, 6) is -2.55. The number of thioether (sulfide) groups is 1. The third-order valence-electron chi connectivity index (χ3n) is 6.25. The largest absolute Gasteiger partial charge is 0.477 e. The van der Waals surface area contributed by atoms with Crippen LogP contribution in [-0.2, 0) is 16.6 Å². The Morgan fingerprint density at radius 3 is 2.40 bits per heavy atom. The van der Waals surface area contributed by atoms with E-state index in [1.54, 1.807) is 9.47 Å². The molecular formula is C23H21F2N3O5S2. The smallest absolute Gasteiger partial charge is 0.341 e. The molecule has 0 bridgehead atoms. The lowest BCUT2D eigenvalue weighted by Crippen LogP contribution is -2.49. The van der Waals surface area contributed by atoms with E-state index in [-0.39, 0.29) is 47.4 Å². The van der Waals surface area contributed by atoms with Crippen LogP contribution < -0.4 is 10.3 Å². The maximum absolute atomic E-state index is 15.5. The van der Waals surface area contributed by atoms with E-state index in [1.807, 2.05) is 6.92 Å². The molecule has 0 amide bonds. The minimum absolute atomic E-state index is 0.00413. The molecule has 1 N–H and O–H groups in total. The molecule has 2 aliphatic heterocycles. The maximum Gasteiger partial charge on any atom is 0.341 e. The number of carbonyl (C=O) groups is 1. The number of aromatic nitrogens is 1. The van der Waals surface area contributed by atoms with Gasteiger partial charge in [-0.25, -0.2) is 22.0 Å². The summed E-state index contributed by atoms with van der Waals surface area (Å²) in [4.78, 5) is 26.6. The molecule has 1 fully saturated rings. The van der Waals surface area contributed by atoms with Crippen molar-refractivity contribution in [1.82, 2.24) is 8.87 Å². The van der Waals surface area contributed by atoms with Crippen LogP contribution in [0.2, 0.25) is 0 Å². The van der Waals surface area contributed by atoms with Crippen LogP contribution in [-0.4, -0.2) is 59.8 Å².